The van der Waals surface area contributed by atoms with Gasteiger partial charge in [0, 0.05) is 6.61 Å². The molecule has 0 atom stereocenters. The van der Waals surface area contributed by atoms with E-state index in [4.69, 9.17) is 4.74 Å². The van der Waals surface area contributed by atoms with Crippen molar-refractivity contribution in [2.24, 2.45) is 5.92 Å². The molecule has 1 aromatic rings. The third-order valence-corrected chi connectivity index (χ3v) is 1.98. The summed E-state index contributed by atoms with van der Waals surface area (Å²) in [6.07, 6.45) is 3.36. The van der Waals surface area contributed by atoms with Gasteiger partial charge in [0.25, 0.3) is 0 Å². The van der Waals surface area contributed by atoms with Crippen LogP contribution in [0.15, 0.2) is 6.20 Å². The highest BCUT2D eigenvalue weighted by molar-refractivity contribution is 5.70. The number of aromatic nitrogens is 3. The molecular formula is C10H17N3O2. The van der Waals surface area contributed by atoms with Crippen molar-refractivity contribution in [3.8, 4) is 0 Å². The average Bonchev–Trinajstić information content (AvgIpc) is 2.65. The lowest BCUT2D eigenvalue weighted by molar-refractivity contribution is 0.111. The van der Waals surface area contributed by atoms with Crippen LogP contribution < -0.4 is 0 Å². The monoisotopic (exact) mass is 211 g/mol. The van der Waals surface area contributed by atoms with Crippen molar-refractivity contribution in [3.05, 3.63) is 11.9 Å². The summed E-state index contributed by atoms with van der Waals surface area (Å²) in [5.41, 5.74) is 0.359. The van der Waals surface area contributed by atoms with E-state index in [1.165, 1.54) is 0 Å². The third kappa shape index (κ3) is 4.69. The maximum absolute atomic E-state index is 10.3. The van der Waals surface area contributed by atoms with Gasteiger partial charge < -0.3 is 4.74 Å². The highest BCUT2D eigenvalue weighted by Gasteiger charge is 1.98. The summed E-state index contributed by atoms with van der Waals surface area (Å²) >= 11 is 0. The minimum Gasteiger partial charge on any atom is -0.380 e. The minimum absolute atomic E-state index is 0.359. The molecule has 0 radical (unpaired) electrons. The molecule has 5 heteroatoms. The third-order valence-electron chi connectivity index (χ3n) is 1.98. The van der Waals surface area contributed by atoms with Gasteiger partial charge in [-0.3, -0.25) is 4.79 Å². The second kappa shape index (κ2) is 6.29. The summed E-state index contributed by atoms with van der Waals surface area (Å²) in [6, 6.07) is 0. The number of aldehydes is 1. The second-order valence-corrected chi connectivity index (χ2v) is 3.82. The number of hydrogen-bond acceptors (Lipinski definition) is 4. The highest BCUT2D eigenvalue weighted by atomic mass is 16.5. The first-order valence-electron chi connectivity index (χ1n) is 5.15. The molecule has 5 nitrogen and oxygen atoms in total. The fourth-order valence-electron chi connectivity index (χ4n) is 1.06. The van der Waals surface area contributed by atoms with Crippen molar-refractivity contribution in [3.63, 3.8) is 0 Å². The number of carbonyl (C=O) groups is 1. The first-order chi connectivity index (χ1) is 7.22. The molecule has 0 unspecified atom stereocenters. The van der Waals surface area contributed by atoms with Crippen LogP contribution in [0.2, 0.25) is 0 Å². The van der Waals surface area contributed by atoms with Crippen molar-refractivity contribution in [2.45, 2.75) is 26.8 Å². The minimum atomic E-state index is 0.359. The Morgan fingerprint density at radius 2 is 2.33 bits per heavy atom. The van der Waals surface area contributed by atoms with E-state index in [1.54, 1.807) is 10.9 Å². The summed E-state index contributed by atoms with van der Waals surface area (Å²) in [5, 5.41) is 7.43. The number of ether oxygens (including phenoxy) is 1. The van der Waals surface area contributed by atoms with E-state index in [1.807, 2.05) is 0 Å². The van der Waals surface area contributed by atoms with Crippen molar-refractivity contribution < 1.29 is 9.53 Å². The zero-order valence-corrected chi connectivity index (χ0v) is 9.22. The highest BCUT2D eigenvalue weighted by Crippen LogP contribution is 1.98. The van der Waals surface area contributed by atoms with Crippen LogP contribution in [-0.2, 0) is 11.3 Å². The molecular weight excluding hydrogens is 194 g/mol. The summed E-state index contributed by atoms with van der Waals surface area (Å²) in [4.78, 5) is 10.3. The number of nitrogens with zero attached hydrogens (tertiary/aromatic N) is 3. The van der Waals surface area contributed by atoms with Gasteiger partial charge in [0.05, 0.1) is 19.3 Å². The van der Waals surface area contributed by atoms with Gasteiger partial charge >= 0.3 is 0 Å². The van der Waals surface area contributed by atoms with Crippen LogP contribution in [0.3, 0.4) is 0 Å². The van der Waals surface area contributed by atoms with E-state index in [2.05, 4.69) is 24.2 Å². The molecule has 0 aromatic carbocycles. The van der Waals surface area contributed by atoms with Crippen molar-refractivity contribution in [1.82, 2.24) is 15.0 Å². The first kappa shape index (κ1) is 11.8. The Morgan fingerprint density at radius 1 is 1.53 bits per heavy atom. The Bertz CT molecular complexity index is 297. The van der Waals surface area contributed by atoms with E-state index >= 15 is 0 Å². The van der Waals surface area contributed by atoms with Gasteiger partial charge in [-0.1, -0.05) is 19.1 Å². The largest absolute Gasteiger partial charge is 0.380 e. The topological polar surface area (TPSA) is 57.0 Å². The molecule has 0 aliphatic carbocycles. The van der Waals surface area contributed by atoms with Gasteiger partial charge in [-0.15, -0.1) is 5.10 Å². The average molecular weight is 211 g/mol. The molecule has 0 aliphatic rings. The van der Waals surface area contributed by atoms with Gasteiger partial charge in [0.15, 0.2) is 6.29 Å². The normalized spacial score (nSPS) is 10.9. The predicted octanol–water partition coefficient (Wildman–Crippen LogP) is 1.15. The Hall–Kier alpha value is -1.23. The van der Waals surface area contributed by atoms with Crippen LogP contribution in [0.1, 0.15) is 30.8 Å². The van der Waals surface area contributed by atoms with Crippen molar-refractivity contribution in [2.75, 3.05) is 13.2 Å². The van der Waals surface area contributed by atoms with Crippen LogP contribution in [0, 0.1) is 5.92 Å². The van der Waals surface area contributed by atoms with Gasteiger partial charge in [-0.25, -0.2) is 4.68 Å². The van der Waals surface area contributed by atoms with Gasteiger partial charge in [0.2, 0.25) is 0 Å². The van der Waals surface area contributed by atoms with Gasteiger partial charge in [0.1, 0.15) is 5.69 Å². The molecule has 0 amide bonds. The predicted molar refractivity (Wildman–Crippen MR) is 55.7 cm³/mol. The molecule has 1 heterocycles. The van der Waals surface area contributed by atoms with Crippen LogP contribution in [0.5, 0.6) is 0 Å². The Kier molecular flexibility index (Phi) is 4.97. The van der Waals surface area contributed by atoms with E-state index in [0.717, 1.165) is 13.0 Å². The van der Waals surface area contributed by atoms with Crippen LogP contribution >= 0.6 is 0 Å². The Morgan fingerprint density at radius 3 is 2.93 bits per heavy atom. The molecule has 84 valence electrons. The van der Waals surface area contributed by atoms with Gasteiger partial charge in [-0.2, -0.15) is 0 Å². The number of carbonyl (C=O) groups excluding carboxylic acids is 1. The maximum Gasteiger partial charge on any atom is 0.171 e. The van der Waals surface area contributed by atoms with E-state index in [-0.39, 0.29) is 0 Å². The lowest BCUT2D eigenvalue weighted by Gasteiger charge is -2.05. The molecule has 15 heavy (non-hydrogen) atoms. The summed E-state index contributed by atoms with van der Waals surface area (Å²) in [6.45, 7) is 6.34. The number of hydrogen-bond donors (Lipinski definition) is 0. The van der Waals surface area contributed by atoms with E-state index < -0.39 is 0 Å². The molecule has 0 saturated carbocycles. The molecule has 0 saturated heterocycles. The van der Waals surface area contributed by atoms with E-state index in [0.29, 0.717) is 31.0 Å². The van der Waals surface area contributed by atoms with E-state index in [9.17, 15) is 4.79 Å². The zero-order valence-electron chi connectivity index (χ0n) is 9.22. The SMILES string of the molecule is CC(C)CCOCCn1cc(C=O)nn1. The molecule has 0 spiro atoms. The summed E-state index contributed by atoms with van der Waals surface area (Å²) < 4.78 is 7.02. The maximum atomic E-state index is 10.3. The van der Waals surface area contributed by atoms with Crippen molar-refractivity contribution in [1.29, 1.82) is 0 Å². The Labute approximate surface area is 89.4 Å². The zero-order chi connectivity index (χ0) is 11.1. The molecule has 0 aliphatic heterocycles. The summed E-state index contributed by atoms with van der Waals surface area (Å²) in [5.74, 6) is 0.665. The standard InChI is InChI=1S/C10H17N3O2/c1-9(2)3-5-15-6-4-13-7-10(8-14)11-12-13/h7-9H,3-6H2,1-2H3. The summed E-state index contributed by atoms with van der Waals surface area (Å²) in [7, 11) is 0. The first-order valence-corrected chi connectivity index (χ1v) is 5.15. The molecule has 1 rings (SSSR count). The lowest BCUT2D eigenvalue weighted by Crippen LogP contribution is -2.08. The van der Waals surface area contributed by atoms with Crippen molar-refractivity contribution >= 4 is 6.29 Å². The fraction of sp³-hybridized carbons (Fsp3) is 0.700. The lowest BCUT2D eigenvalue weighted by atomic mass is 10.1. The van der Waals surface area contributed by atoms with Gasteiger partial charge in [-0.05, 0) is 12.3 Å². The Balaban J connectivity index is 2.12. The smallest absolute Gasteiger partial charge is 0.171 e. The quantitative estimate of drug-likeness (QED) is 0.501. The molecule has 0 fully saturated rings. The molecule has 0 bridgehead atoms. The van der Waals surface area contributed by atoms with Crippen LogP contribution in [0.25, 0.3) is 0 Å². The molecule has 0 N–H and O–H groups in total. The fourth-order valence-corrected chi connectivity index (χ4v) is 1.06. The van der Waals surface area contributed by atoms with Crippen LogP contribution in [-0.4, -0.2) is 34.5 Å². The molecule has 1 aromatic heterocycles. The number of rotatable bonds is 7. The second-order valence-electron chi connectivity index (χ2n) is 3.82. The van der Waals surface area contributed by atoms with Crippen LogP contribution in [0.4, 0.5) is 0 Å².